The fourth-order valence-corrected chi connectivity index (χ4v) is 3.82. The van der Waals surface area contributed by atoms with Crippen LogP contribution in [-0.2, 0) is 42.9 Å². The molecule has 1 N–H and O–H groups in total. The Bertz CT molecular complexity index is 1280. The van der Waals surface area contributed by atoms with Crippen molar-refractivity contribution in [1.82, 2.24) is 0 Å². The number of hydrogen-bond acceptors (Lipinski definition) is 14. The molecule has 14 nitrogen and oxygen atoms in total. The van der Waals surface area contributed by atoms with Crippen molar-refractivity contribution in [2.24, 2.45) is 0 Å². The van der Waals surface area contributed by atoms with E-state index in [0.717, 1.165) is 27.7 Å². The lowest BCUT2D eigenvalue weighted by atomic mass is 9.98. The molecule has 0 radical (unpaired) electrons. The maximum Gasteiger partial charge on any atom is 0.383 e. The first-order valence-corrected chi connectivity index (χ1v) is 11.2. The van der Waals surface area contributed by atoms with Gasteiger partial charge in [0.1, 0.15) is 24.0 Å². The molecule has 0 unspecified atom stereocenters. The third-order valence-corrected chi connectivity index (χ3v) is 5.22. The lowest BCUT2D eigenvalue weighted by Crippen LogP contribution is -2.63. The SMILES string of the molecule is COc1c(O)c2ccc(O[C@@H]3O[C@H](COC(C)=O)[C@@H](OC(C)=O)[C@H](OC(C)=O)[C@H]3OC(C)=O)cc2oc1=O. The van der Waals surface area contributed by atoms with Gasteiger partial charge in [0.05, 0.1) is 12.5 Å². The van der Waals surface area contributed by atoms with Crippen LogP contribution in [0, 0.1) is 0 Å². The average molecular weight is 538 g/mol. The lowest BCUT2D eigenvalue weighted by molar-refractivity contribution is -0.288. The molecule has 0 aliphatic carbocycles. The molecule has 1 saturated heterocycles. The zero-order chi connectivity index (χ0) is 28.1. The third-order valence-electron chi connectivity index (χ3n) is 5.22. The second kappa shape index (κ2) is 11.8. The van der Waals surface area contributed by atoms with Gasteiger partial charge in [0.2, 0.25) is 18.1 Å². The number of fused-ring (bicyclic) bond motifs is 1. The number of rotatable bonds is 8. The Morgan fingerprint density at radius 3 is 2.08 bits per heavy atom. The fourth-order valence-electron chi connectivity index (χ4n) is 3.82. The van der Waals surface area contributed by atoms with E-state index in [1.807, 2.05) is 0 Å². The summed E-state index contributed by atoms with van der Waals surface area (Å²) in [4.78, 5) is 59.2. The Balaban J connectivity index is 2.04. The molecule has 2 heterocycles. The molecule has 0 saturated carbocycles. The molecule has 0 spiro atoms. The maximum atomic E-state index is 12.1. The quantitative estimate of drug-likeness (QED) is 0.285. The van der Waals surface area contributed by atoms with Gasteiger partial charge in [0.15, 0.2) is 18.0 Å². The summed E-state index contributed by atoms with van der Waals surface area (Å²) in [7, 11) is 1.19. The molecular formula is C24H26O14. The molecule has 1 aromatic carbocycles. The summed E-state index contributed by atoms with van der Waals surface area (Å²) in [5.41, 5.74) is -1.02. The van der Waals surface area contributed by atoms with Crippen molar-refractivity contribution in [3.05, 3.63) is 28.6 Å². The molecule has 38 heavy (non-hydrogen) atoms. The standard InChI is InChI=1S/C24H26O14/c1-10(25)32-9-17-19(33-11(2)26)21(34-12(3)27)22(35-13(4)28)24(38-17)36-14-6-7-15-16(8-14)37-23(30)20(31-5)18(15)29/h6-8,17,19,21-22,24,29H,9H2,1-5H3/t17-,19-,21+,22-,24-/m1/s1. The van der Waals surface area contributed by atoms with Crippen LogP contribution in [0.1, 0.15) is 27.7 Å². The smallest absolute Gasteiger partial charge is 0.383 e. The van der Waals surface area contributed by atoms with Gasteiger partial charge in [-0.3, -0.25) is 19.2 Å². The van der Waals surface area contributed by atoms with Crippen molar-refractivity contribution in [1.29, 1.82) is 0 Å². The molecule has 1 aromatic heterocycles. The minimum Gasteiger partial charge on any atom is -0.504 e. The van der Waals surface area contributed by atoms with E-state index in [1.165, 1.54) is 25.3 Å². The van der Waals surface area contributed by atoms with Gasteiger partial charge in [-0.05, 0) is 12.1 Å². The highest BCUT2D eigenvalue weighted by atomic mass is 16.7. The first-order valence-electron chi connectivity index (χ1n) is 11.2. The van der Waals surface area contributed by atoms with E-state index in [2.05, 4.69) is 0 Å². The number of aromatic hydroxyl groups is 1. The first-order chi connectivity index (χ1) is 17.9. The molecule has 1 aliphatic rings. The molecule has 2 aromatic rings. The molecule has 14 heteroatoms. The number of hydrogen-bond donors (Lipinski definition) is 1. The summed E-state index contributed by atoms with van der Waals surface area (Å²) in [5.74, 6) is -3.85. The van der Waals surface area contributed by atoms with Gasteiger partial charge in [0.25, 0.3) is 0 Å². The van der Waals surface area contributed by atoms with Crippen LogP contribution in [0.3, 0.4) is 0 Å². The highest BCUT2D eigenvalue weighted by Crippen LogP contribution is 2.35. The molecule has 206 valence electrons. The summed E-state index contributed by atoms with van der Waals surface area (Å²) in [6, 6.07) is 4.01. The summed E-state index contributed by atoms with van der Waals surface area (Å²) in [6.07, 6.45) is -6.94. The van der Waals surface area contributed by atoms with Gasteiger partial charge in [-0.25, -0.2) is 4.79 Å². The minimum atomic E-state index is -1.49. The summed E-state index contributed by atoms with van der Waals surface area (Å²) in [6.45, 7) is 4.00. The van der Waals surface area contributed by atoms with Crippen LogP contribution in [0.25, 0.3) is 11.0 Å². The number of carbonyl (C=O) groups excluding carboxylic acids is 4. The van der Waals surface area contributed by atoms with E-state index < -0.39 is 72.6 Å². The largest absolute Gasteiger partial charge is 0.504 e. The molecular weight excluding hydrogens is 512 g/mol. The van der Waals surface area contributed by atoms with Gasteiger partial charge < -0.3 is 42.7 Å². The van der Waals surface area contributed by atoms with Crippen LogP contribution in [0.15, 0.2) is 27.4 Å². The zero-order valence-corrected chi connectivity index (χ0v) is 21.1. The predicted molar refractivity (Wildman–Crippen MR) is 123 cm³/mol. The molecule has 5 atom stereocenters. The highest BCUT2D eigenvalue weighted by Gasteiger charge is 2.53. The van der Waals surface area contributed by atoms with E-state index in [4.69, 9.17) is 37.6 Å². The second-order valence-electron chi connectivity index (χ2n) is 8.11. The van der Waals surface area contributed by atoms with Crippen LogP contribution in [-0.4, -0.2) is 73.4 Å². The monoisotopic (exact) mass is 538 g/mol. The van der Waals surface area contributed by atoms with Crippen LogP contribution in [0.4, 0.5) is 0 Å². The molecule has 1 aliphatic heterocycles. The van der Waals surface area contributed by atoms with E-state index in [-0.39, 0.29) is 22.5 Å². The minimum absolute atomic E-state index is 0.0196. The topological polar surface area (TPSA) is 183 Å². The summed E-state index contributed by atoms with van der Waals surface area (Å²) >= 11 is 0. The Labute approximate surface area is 215 Å². The predicted octanol–water partition coefficient (Wildman–Crippen LogP) is 0.969. The van der Waals surface area contributed by atoms with Crippen molar-refractivity contribution in [3.63, 3.8) is 0 Å². The lowest BCUT2D eigenvalue weighted by Gasteiger charge is -2.43. The molecule has 0 amide bonds. The Morgan fingerprint density at radius 2 is 1.50 bits per heavy atom. The van der Waals surface area contributed by atoms with Crippen molar-refractivity contribution < 1.29 is 61.9 Å². The Hall–Kier alpha value is -4.33. The molecule has 3 rings (SSSR count). The second-order valence-corrected chi connectivity index (χ2v) is 8.11. The summed E-state index contributed by atoms with van der Waals surface area (Å²) < 4.78 is 42.8. The number of esters is 4. The van der Waals surface area contributed by atoms with Crippen LogP contribution < -0.4 is 15.1 Å². The number of ether oxygens (including phenoxy) is 7. The molecule has 1 fully saturated rings. The van der Waals surface area contributed by atoms with Gasteiger partial charge in [-0.1, -0.05) is 0 Å². The maximum absolute atomic E-state index is 12.1. The number of methoxy groups -OCH3 is 1. The Morgan fingerprint density at radius 1 is 0.895 bits per heavy atom. The Kier molecular flexibility index (Phi) is 8.78. The average Bonchev–Trinajstić information content (AvgIpc) is 2.81. The first kappa shape index (κ1) is 28.2. The van der Waals surface area contributed by atoms with E-state index >= 15 is 0 Å². The zero-order valence-electron chi connectivity index (χ0n) is 21.1. The van der Waals surface area contributed by atoms with Gasteiger partial charge in [0, 0.05) is 33.8 Å². The van der Waals surface area contributed by atoms with Crippen molar-refractivity contribution in [3.8, 4) is 17.2 Å². The van der Waals surface area contributed by atoms with Gasteiger partial charge >= 0.3 is 29.5 Å². The van der Waals surface area contributed by atoms with E-state index in [0.29, 0.717) is 0 Å². The van der Waals surface area contributed by atoms with Gasteiger partial charge in [-0.15, -0.1) is 0 Å². The highest BCUT2D eigenvalue weighted by molar-refractivity contribution is 5.86. The van der Waals surface area contributed by atoms with Crippen molar-refractivity contribution >= 4 is 34.8 Å². The van der Waals surface area contributed by atoms with Crippen LogP contribution in [0.2, 0.25) is 0 Å². The van der Waals surface area contributed by atoms with Crippen LogP contribution in [0.5, 0.6) is 17.2 Å². The van der Waals surface area contributed by atoms with E-state index in [9.17, 15) is 29.1 Å². The normalized spacial score (nSPS) is 22.7. The molecule has 0 bridgehead atoms. The van der Waals surface area contributed by atoms with Crippen molar-refractivity contribution in [2.45, 2.75) is 58.4 Å². The third kappa shape index (κ3) is 6.51. The van der Waals surface area contributed by atoms with E-state index in [1.54, 1.807) is 0 Å². The van der Waals surface area contributed by atoms with Gasteiger partial charge in [-0.2, -0.15) is 0 Å². The van der Waals surface area contributed by atoms with Crippen LogP contribution >= 0.6 is 0 Å². The number of carbonyl (C=O) groups is 4. The number of benzene rings is 1. The summed E-state index contributed by atoms with van der Waals surface area (Å²) in [5, 5.41) is 10.4. The fraction of sp³-hybridized carbons (Fsp3) is 0.458. The van der Waals surface area contributed by atoms with Crippen molar-refractivity contribution in [2.75, 3.05) is 13.7 Å².